The SMILES string of the molecule is CCC(C)(C)Oc1ccc(C(C)(C)c2ccc(OC(=O)C(CC)(CC)C(CC)(CC)Oc3ccc(C(C)(c4ccccc4)c4ccc(OC(=O)C(C)(C)CC)cc4)cc3)c(C)c2)cc1C. The number of aryl methyl sites for hydroxylation is 2. The Balaban J connectivity index is 1.41. The molecule has 0 amide bonds. The lowest BCUT2D eigenvalue weighted by Gasteiger charge is -2.47. The van der Waals surface area contributed by atoms with Gasteiger partial charge in [0.05, 0.1) is 5.41 Å². The van der Waals surface area contributed by atoms with E-state index in [1.807, 2.05) is 76.2 Å². The Morgan fingerprint density at radius 1 is 0.446 bits per heavy atom. The average Bonchev–Trinajstić information content (AvgIpc) is 3.30. The number of esters is 2. The Labute approximate surface area is 391 Å². The van der Waals surface area contributed by atoms with Crippen LogP contribution in [-0.4, -0.2) is 23.1 Å². The molecule has 1 unspecified atom stereocenters. The highest BCUT2D eigenvalue weighted by atomic mass is 16.5. The smallest absolute Gasteiger partial charge is 0.321 e. The lowest BCUT2D eigenvalue weighted by molar-refractivity contribution is -0.165. The fraction of sp³-hybridized carbons (Fsp3) is 0.458. The molecule has 0 saturated carbocycles. The fourth-order valence-corrected chi connectivity index (χ4v) is 9.18. The zero-order chi connectivity index (χ0) is 48.0. The summed E-state index contributed by atoms with van der Waals surface area (Å²) in [6.45, 7) is 31.3. The first-order chi connectivity index (χ1) is 30.6. The van der Waals surface area contributed by atoms with E-state index in [1.54, 1.807) is 0 Å². The maximum atomic E-state index is 14.8. The van der Waals surface area contributed by atoms with Gasteiger partial charge in [-0.15, -0.1) is 0 Å². The van der Waals surface area contributed by atoms with Gasteiger partial charge in [-0.2, -0.15) is 0 Å². The minimum atomic E-state index is -0.927. The van der Waals surface area contributed by atoms with Gasteiger partial charge < -0.3 is 18.9 Å². The molecule has 5 rings (SSSR count). The van der Waals surface area contributed by atoms with E-state index in [-0.39, 0.29) is 23.0 Å². The van der Waals surface area contributed by atoms with Crippen LogP contribution in [0.15, 0.2) is 115 Å². The molecular weight excluding hydrogens is 805 g/mol. The molecule has 0 spiro atoms. The maximum Gasteiger partial charge on any atom is 0.321 e. The fourth-order valence-electron chi connectivity index (χ4n) is 9.18. The van der Waals surface area contributed by atoms with Gasteiger partial charge in [0.1, 0.15) is 39.6 Å². The standard InChI is InChI=1S/C59H76O6/c1-16-54(9,10)52(60)62-48-33-27-44(28-34-48)57(15,43-25-23-22-24-26-43)45-29-35-49(36-30-45)64-59(20-5,21-6)58(18-3,19-4)53(61)63-50-37-31-46(39-41(50)7)56(13,14)47-32-38-51(42(8)40-47)65-55(11,12)17-2/h22-40H,16-21H2,1-15H3. The first-order valence-corrected chi connectivity index (χ1v) is 23.9. The molecule has 0 bridgehead atoms. The van der Waals surface area contributed by atoms with Gasteiger partial charge in [-0.1, -0.05) is 134 Å². The van der Waals surface area contributed by atoms with Crippen molar-refractivity contribution in [3.05, 3.63) is 154 Å². The Kier molecular flexibility index (Phi) is 15.6. The maximum absolute atomic E-state index is 14.8. The van der Waals surface area contributed by atoms with E-state index in [0.29, 0.717) is 49.4 Å². The number of ether oxygens (including phenoxy) is 4. The molecule has 0 aliphatic rings. The van der Waals surface area contributed by atoms with Crippen molar-refractivity contribution >= 4 is 11.9 Å². The number of rotatable bonds is 20. The van der Waals surface area contributed by atoms with Gasteiger partial charge in [0.25, 0.3) is 0 Å². The van der Waals surface area contributed by atoms with Crippen molar-refractivity contribution in [1.29, 1.82) is 0 Å². The van der Waals surface area contributed by atoms with Crippen LogP contribution in [0.3, 0.4) is 0 Å². The molecular formula is C59H76O6. The van der Waals surface area contributed by atoms with E-state index in [1.165, 1.54) is 5.56 Å². The second-order valence-electron chi connectivity index (χ2n) is 19.9. The lowest BCUT2D eigenvalue weighted by atomic mass is 9.65. The van der Waals surface area contributed by atoms with Crippen LogP contribution in [0, 0.1) is 24.7 Å². The molecule has 0 aliphatic heterocycles. The second kappa shape index (κ2) is 20.0. The van der Waals surface area contributed by atoms with E-state index >= 15 is 0 Å². The van der Waals surface area contributed by atoms with Crippen LogP contribution in [0.1, 0.15) is 167 Å². The predicted octanol–water partition coefficient (Wildman–Crippen LogP) is 15.2. The molecule has 348 valence electrons. The molecule has 0 heterocycles. The number of hydrogen-bond donors (Lipinski definition) is 0. The summed E-state index contributed by atoms with van der Waals surface area (Å²) in [5.74, 6) is 2.16. The number of hydrogen-bond acceptors (Lipinski definition) is 6. The second-order valence-corrected chi connectivity index (χ2v) is 19.9. The van der Waals surface area contributed by atoms with Crippen LogP contribution in [0.5, 0.6) is 23.0 Å². The molecule has 1 atom stereocenters. The molecule has 0 aromatic heterocycles. The third kappa shape index (κ3) is 10.2. The van der Waals surface area contributed by atoms with Gasteiger partial charge in [-0.3, -0.25) is 9.59 Å². The minimum absolute atomic E-state index is 0.237. The highest BCUT2D eigenvalue weighted by Crippen LogP contribution is 2.48. The molecule has 0 aliphatic carbocycles. The topological polar surface area (TPSA) is 71.1 Å². The van der Waals surface area contributed by atoms with Crippen molar-refractivity contribution in [3.63, 3.8) is 0 Å². The summed E-state index contributed by atoms with van der Waals surface area (Å²) in [4.78, 5) is 27.7. The van der Waals surface area contributed by atoms with Crippen LogP contribution in [-0.2, 0) is 20.4 Å². The molecule has 0 fully saturated rings. The summed E-state index contributed by atoms with van der Waals surface area (Å²) >= 11 is 0. The molecule has 65 heavy (non-hydrogen) atoms. The van der Waals surface area contributed by atoms with Crippen molar-refractivity contribution in [1.82, 2.24) is 0 Å². The van der Waals surface area contributed by atoms with Crippen LogP contribution in [0.4, 0.5) is 0 Å². The van der Waals surface area contributed by atoms with Crippen molar-refractivity contribution in [3.8, 4) is 23.0 Å². The highest BCUT2D eigenvalue weighted by Gasteiger charge is 2.56. The van der Waals surface area contributed by atoms with Gasteiger partial charge in [0, 0.05) is 10.8 Å². The summed E-state index contributed by atoms with van der Waals surface area (Å²) < 4.78 is 25.7. The summed E-state index contributed by atoms with van der Waals surface area (Å²) in [5.41, 5.74) is 4.17. The molecule has 6 heteroatoms. The summed E-state index contributed by atoms with van der Waals surface area (Å²) in [6, 6.07) is 39.2. The first-order valence-electron chi connectivity index (χ1n) is 23.9. The summed E-state index contributed by atoms with van der Waals surface area (Å²) in [7, 11) is 0. The molecule has 0 N–H and O–H groups in total. The number of benzene rings is 5. The zero-order valence-corrected chi connectivity index (χ0v) is 42.2. The first kappa shape index (κ1) is 50.6. The van der Waals surface area contributed by atoms with Crippen LogP contribution in [0.25, 0.3) is 0 Å². The van der Waals surface area contributed by atoms with Gasteiger partial charge in [0.15, 0.2) is 0 Å². The van der Waals surface area contributed by atoms with Crippen LogP contribution in [0.2, 0.25) is 0 Å². The van der Waals surface area contributed by atoms with Gasteiger partial charge in [-0.05, 0) is 162 Å². The molecule has 0 saturated heterocycles. The largest absolute Gasteiger partial charge is 0.488 e. The third-order valence-corrected chi connectivity index (χ3v) is 15.0. The molecule has 5 aromatic carbocycles. The van der Waals surface area contributed by atoms with Crippen molar-refractivity contribution in [2.45, 2.75) is 164 Å². The van der Waals surface area contributed by atoms with Gasteiger partial charge in [-0.25, -0.2) is 0 Å². The van der Waals surface area contributed by atoms with Gasteiger partial charge in [0.2, 0.25) is 0 Å². The van der Waals surface area contributed by atoms with E-state index in [2.05, 4.69) is 143 Å². The van der Waals surface area contributed by atoms with Crippen LogP contribution < -0.4 is 18.9 Å². The third-order valence-electron chi connectivity index (χ3n) is 15.0. The van der Waals surface area contributed by atoms with Crippen molar-refractivity contribution in [2.24, 2.45) is 10.8 Å². The van der Waals surface area contributed by atoms with E-state index in [0.717, 1.165) is 45.6 Å². The van der Waals surface area contributed by atoms with Gasteiger partial charge >= 0.3 is 11.9 Å². The quantitative estimate of drug-likeness (QED) is 0.0441. The van der Waals surface area contributed by atoms with E-state index < -0.39 is 21.8 Å². The normalized spacial score (nSPS) is 13.5. The predicted molar refractivity (Wildman–Crippen MR) is 267 cm³/mol. The minimum Gasteiger partial charge on any atom is -0.488 e. The van der Waals surface area contributed by atoms with Crippen molar-refractivity contribution in [2.75, 3.05) is 0 Å². The average molecular weight is 881 g/mol. The lowest BCUT2D eigenvalue weighted by Crippen LogP contribution is -2.57. The molecule has 5 aromatic rings. The Hall–Kier alpha value is -5.36. The summed E-state index contributed by atoms with van der Waals surface area (Å²) in [5, 5.41) is 0. The molecule has 0 radical (unpaired) electrons. The van der Waals surface area contributed by atoms with E-state index in [4.69, 9.17) is 18.9 Å². The molecule has 6 nitrogen and oxygen atoms in total. The zero-order valence-electron chi connectivity index (χ0n) is 42.2. The van der Waals surface area contributed by atoms with Crippen LogP contribution >= 0.6 is 0 Å². The Bertz CT molecular complexity index is 2380. The summed E-state index contributed by atoms with van der Waals surface area (Å²) in [6.07, 6.45) is 3.93. The Morgan fingerprint density at radius 3 is 1.35 bits per heavy atom. The monoisotopic (exact) mass is 881 g/mol. The highest BCUT2D eigenvalue weighted by molar-refractivity contribution is 5.81. The number of carbonyl (C=O) groups excluding carboxylic acids is 2. The van der Waals surface area contributed by atoms with E-state index in [9.17, 15) is 9.59 Å². The van der Waals surface area contributed by atoms with Crippen molar-refractivity contribution < 1.29 is 28.5 Å². The number of carbonyl (C=O) groups is 2. The Morgan fingerprint density at radius 2 is 0.908 bits per heavy atom.